The molecule has 0 aromatic rings. The van der Waals surface area contributed by atoms with E-state index in [9.17, 15) is 19.2 Å². The van der Waals surface area contributed by atoms with Crippen LogP contribution in [0.3, 0.4) is 0 Å². The standard InChI is InChI=1S/C17H26O9/c1-6-7-13-15(23-10(3)19)16(24-11(4)20)14(8-22-9(2)18)26-17(13)25-12(5)21/h13-17H,6-8H2,1-5H3/t13-,14-,15-,16-,17-/m1/s1. The first kappa shape index (κ1) is 21.9. The molecule has 0 aliphatic carbocycles. The van der Waals surface area contributed by atoms with Gasteiger partial charge in [-0.05, 0) is 6.42 Å². The summed E-state index contributed by atoms with van der Waals surface area (Å²) in [6, 6.07) is 0. The predicted molar refractivity (Wildman–Crippen MR) is 86.6 cm³/mol. The average Bonchev–Trinajstić information content (AvgIpc) is 2.49. The molecule has 1 aliphatic heterocycles. The molecule has 0 radical (unpaired) electrons. The summed E-state index contributed by atoms with van der Waals surface area (Å²) in [6.45, 7) is 6.54. The van der Waals surface area contributed by atoms with Gasteiger partial charge in [-0.25, -0.2) is 0 Å². The Balaban J connectivity index is 3.21. The van der Waals surface area contributed by atoms with Gasteiger partial charge in [0.25, 0.3) is 0 Å². The highest BCUT2D eigenvalue weighted by Gasteiger charge is 2.51. The molecule has 0 saturated carbocycles. The van der Waals surface area contributed by atoms with Crippen LogP contribution in [0.25, 0.3) is 0 Å². The van der Waals surface area contributed by atoms with E-state index in [4.69, 9.17) is 23.7 Å². The highest BCUT2D eigenvalue weighted by molar-refractivity contribution is 5.68. The molecule has 1 rings (SSSR count). The van der Waals surface area contributed by atoms with E-state index in [1.807, 2.05) is 6.92 Å². The Labute approximate surface area is 152 Å². The molecule has 0 bridgehead atoms. The van der Waals surface area contributed by atoms with Gasteiger partial charge in [0.05, 0.1) is 5.92 Å². The highest BCUT2D eigenvalue weighted by Crippen LogP contribution is 2.34. The number of hydrogen-bond donors (Lipinski definition) is 0. The quantitative estimate of drug-likeness (QED) is 0.477. The van der Waals surface area contributed by atoms with Crippen LogP contribution in [-0.2, 0) is 42.9 Å². The van der Waals surface area contributed by atoms with Crippen LogP contribution in [0.15, 0.2) is 0 Å². The van der Waals surface area contributed by atoms with Crippen molar-refractivity contribution in [3.63, 3.8) is 0 Å². The second-order valence-electron chi connectivity index (χ2n) is 6.06. The van der Waals surface area contributed by atoms with Gasteiger partial charge < -0.3 is 23.7 Å². The third-order valence-corrected chi connectivity index (χ3v) is 3.73. The van der Waals surface area contributed by atoms with Crippen molar-refractivity contribution in [2.75, 3.05) is 6.61 Å². The molecule has 1 heterocycles. The maximum atomic E-state index is 11.6. The van der Waals surface area contributed by atoms with E-state index in [2.05, 4.69) is 0 Å². The lowest BCUT2D eigenvalue weighted by atomic mass is 9.87. The van der Waals surface area contributed by atoms with E-state index in [-0.39, 0.29) is 6.61 Å². The summed E-state index contributed by atoms with van der Waals surface area (Å²) in [7, 11) is 0. The van der Waals surface area contributed by atoms with E-state index in [0.29, 0.717) is 12.8 Å². The maximum Gasteiger partial charge on any atom is 0.304 e. The second-order valence-corrected chi connectivity index (χ2v) is 6.06. The van der Waals surface area contributed by atoms with Crippen LogP contribution >= 0.6 is 0 Å². The predicted octanol–water partition coefficient (Wildman–Crippen LogP) is 1.12. The van der Waals surface area contributed by atoms with Crippen molar-refractivity contribution in [1.29, 1.82) is 0 Å². The zero-order valence-corrected chi connectivity index (χ0v) is 15.7. The first-order valence-electron chi connectivity index (χ1n) is 8.46. The van der Waals surface area contributed by atoms with E-state index < -0.39 is 54.4 Å². The van der Waals surface area contributed by atoms with Gasteiger partial charge >= 0.3 is 23.9 Å². The number of hydrogen-bond acceptors (Lipinski definition) is 9. The van der Waals surface area contributed by atoms with Crippen LogP contribution in [0.2, 0.25) is 0 Å². The van der Waals surface area contributed by atoms with Gasteiger partial charge in [-0.2, -0.15) is 0 Å². The molecule has 1 aliphatic rings. The first-order valence-corrected chi connectivity index (χ1v) is 8.46. The first-order chi connectivity index (χ1) is 12.1. The Morgan fingerprint density at radius 2 is 1.35 bits per heavy atom. The van der Waals surface area contributed by atoms with Crippen LogP contribution in [0.4, 0.5) is 0 Å². The van der Waals surface area contributed by atoms with Crippen molar-refractivity contribution in [3.05, 3.63) is 0 Å². The van der Waals surface area contributed by atoms with Crippen LogP contribution in [0, 0.1) is 5.92 Å². The normalized spacial score (nSPS) is 28.0. The highest BCUT2D eigenvalue weighted by atomic mass is 16.7. The molecule has 0 aromatic carbocycles. The summed E-state index contributed by atoms with van der Waals surface area (Å²) in [6.07, 6.45) is -2.71. The molecule has 5 atom stereocenters. The number of rotatable bonds is 7. The van der Waals surface area contributed by atoms with Crippen molar-refractivity contribution in [2.45, 2.75) is 72.1 Å². The monoisotopic (exact) mass is 374 g/mol. The van der Waals surface area contributed by atoms with Crippen LogP contribution in [0.1, 0.15) is 47.5 Å². The largest absolute Gasteiger partial charge is 0.463 e. The summed E-state index contributed by atoms with van der Waals surface area (Å²) < 4.78 is 26.6. The van der Waals surface area contributed by atoms with Crippen LogP contribution in [0.5, 0.6) is 0 Å². The van der Waals surface area contributed by atoms with Gasteiger partial charge in [-0.3, -0.25) is 19.2 Å². The fourth-order valence-electron chi connectivity index (χ4n) is 2.89. The van der Waals surface area contributed by atoms with Crippen molar-refractivity contribution in [1.82, 2.24) is 0 Å². The molecular formula is C17H26O9. The summed E-state index contributed by atoms with van der Waals surface area (Å²) in [5, 5.41) is 0. The fourth-order valence-corrected chi connectivity index (χ4v) is 2.89. The molecule has 0 unspecified atom stereocenters. The lowest BCUT2D eigenvalue weighted by molar-refractivity contribution is -0.284. The van der Waals surface area contributed by atoms with E-state index in [1.165, 1.54) is 27.7 Å². The van der Waals surface area contributed by atoms with Gasteiger partial charge in [0.1, 0.15) is 12.7 Å². The minimum Gasteiger partial charge on any atom is -0.463 e. The average molecular weight is 374 g/mol. The van der Waals surface area contributed by atoms with E-state index in [1.54, 1.807) is 0 Å². The van der Waals surface area contributed by atoms with Gasteiger partial charge in [0.15, 0.2) is 12.2 Å². The lowest BCUT2D eigenvalue weighted by Gasteiger charge is -2.44. The maximum absolute atomic E-state index is 11.6. The van der Waals surface area contributed by atoms with Crippen molar-refractivity contribution in [3.8, 4) is 0 Å². The van der Waals surface area contributed by atoms with Gasteiger partial charge in [0, 0.05) is 27.7 Å². The van der Waals surface area contributed by atoms with E-state index in [0.717, 1.165) is 0 Å². The molecule has 1 saturated heterocycles. The number of carbonyl (C=O) groups excluding carboxylic acids is 4. The van der Waals surface area contributed by atoms with Crippen LogP contribution < -0.4 is 0 Å². The molecule has 0 amide bonds. The third kappa shape index (κ3) is 6.62. The molecule has 148 valence electrons. The number of esters is 4. The molecule has 0 aromatic heterocycles. The van der Waals surface area contributed by atoms with E-state index >= 15 is 0 Å². The minimum absolute atomic E-state index is 0.248. The summed E-state index contributed by atoms with van der Waals surface area (Å²) in [4.78, 5) is 45.7. The van der Waals surface area contributed by atoms with Crippen LogP contribution in [-0.4, -0.2) is 55.1 Å². The summed E-state index contributed by atoms with van der Waals surface area (Å²) in [5.74, 6) is -2.85. The molecule has 0 spiro atoms. The molecule has 9 heteroatoms. The SMILES string of the molecule is CCC[C@H]1[C@H](OC(C)=O)O[C@H](COC(C)=O)[C@@H](OC(C)=O)[C@@H]1OC(C)=O. The Kier molecular flexibility index (Phi) is 8.50. The summed E-state index contributed by atoms with van der Waals surface area (Å²) in [5.41, 5.74) is 0. The lowest BCUT2D eigenvalue weighted by Crippen LogP contribution is -2.59. The number of carbonyl (C=O) groups is 4. The fraction of sp³-hybridized carbons (Fsp3) is 0.765. The smallest absolute Gasteiger partial charge is 0.304 e. The summed E-state index contributed by atoms with van der Waals surface area (Å²) >= 11 is 0. The van der Waals surface area contributed by atoms with Gasteiger partial charge in [-0.1, -0.05) is 13.3 Å². The molecule has 26 heavy (non-hydrogen) atoms. The van der Waals surface area contributed by atoms with Crippen molar-refractivity contribution >= 4 is 23.9 Å². The minimum atomic E-state index is -1.02. The molecule has 1 fully saturated rings. The Morgan fingerprint density at radius 1 is 0.808 bits per heavy atom. The number of ether oxygens (including phenoxy) is 5. The zero-order valence-electron chi connectivity index (χ0n) is 15.7. The van der Waals surface area contributed by atoms with Gasteiger partial charge in [-0.15, -0.1) is 0 Å². The van der Waals surface area contributed by atoms with Gasteiger partial charge in [0.2, 0.25) is 6.29 Å². The van der Waals surface area contributed by atoms with Crippen molar-refractivity contribution in [2.24, 2.45) is 5.92 Å². The Morgan fingerprint density at radius 3 is 1.81 bits per heavy atom. The molecular weight excluding hydrogens is 348 g/mol. The van der Waals surface area contributed by atoms with Crippen molar-refractivity contribution < 1.29 is 42.9 Å². The third-order valence-electron chi connectivity index (χ3n) is 3.73. The Bertz CT molecular complexity index is 530. The topological polar surface area (TPSA) is 114 Å². The molecule has 0 N–H and O–H groups in total. The molecule has 9 nitrogen and oxygen atoms in total. The Hall–Kier alpha value is -2.16. The second kappa shape index (κ2) is 10.1. The zero-order chi connectivity index (χ0) is 19.9.